The Balaban J connectivity index is 1.44. The first-order valence-electron chi connectivity index (χ1n) is 24.7. The van der Waals surface area contributed by atoms with Gasteiger partial charge in [-0.2, -0.15) is 0 Å². The molecule has 23 heteroatoms. The molecule has 72 heavy (non-hydrogen) atoms. The average molecular weight is 1020 g/mol. The second-order valence-electron chi connectivity index (χ2n) is 19.7. The number of likely N-dealkylation sites (tertiary alicyclic amines) is 1. The predicted octanol–water partition coefficient (Wildman–Crippen LogP) is 1.12. The lowest BCUT2D eigenvalue weighted by Gasteiger charge is -2.41. The number of likely N-dealkylation sites (N-methyl/N-ethyl adjacent to an activating group) is 2. The molecule has 2 fully saturated rings. The summed E-state index contributed by atoms with van der Waals surface area (Å²) in [4.78, 5) is 84.4. The molecule has 2 aliphatic heterocycles. The molecule has 404 valence electrons. The zero-order valence-electron chi connectivity index (χ0n) is 43.6. The smallest absolute Gasteiger partial charge is 0.408 e. The van der Waals surface area contributed by atoms with Crippen molar-refractivity contribution in [2.24, 2.45) is 23.7 Å². The summed E-state index contributed by atoms with van der Waals surface area (Å²) >= 11 is 0. The minimum atomic E-state index is -1.90. The topological polar surface area (TPSA) is 306 Å². The molecule has 3 heterocycles. The van der Waals surface area contributed by atoms with E-state index in [-0.39, 0.29) is 54.1 Å². The Labute approximate surface area is 422 Å². The number of carbonyl (C=O) groups is 6. The number of aromatic nitrogens is 3. The summed E-state index contributed by atoms with van der Waals surface area (Å²) in [5.74, 6) is -3.89. The van der Waals surface area contributed by atoms with Crippen LogP contribution in [0.3, 0.4) is 0 Å². The van der Waals surface area contributed by atoms with Crippen LogP contribution >= 0.6 is 0 Å². The van der Waals surface area contributed by atoms with E-state index in [4.69, 9.17) is 18.9 Å². The van der Waals surface area contributed by atoms with Gasteiger partial charge in [-0.05, 0) is 50.1 Å². The summed E-state index contributed by atoms with van der Waals surface area (Å²) < 4.78 is 24.2. The number of ether oxygens (including phenoxy) is 4. The number of rotatable bonds is 25. The van der Waals surface area contributed by atoms with Crippen LogP contribution in [-0.4, -0.2) is 183 Å². The van der Waals surface area contributed by atoms with Gasteiger partial charge in [-0.25, -0.2) is 14.3 Å². The number of nitrogens with zero attached hydrogens (tertiary/aromatic N) is 5. The molecule has 8 N–H and O–H groups in total. The Morgan fingerprint density at radius 3 is 2.11 bits per heavy atom. The quantitative estimate of drug-likeness (QED) is 0.0691. The molecule has 1 aromatic carbocycles. The number of methoxy groups -OCH3 is 2. The van der Waals surface area contributed by atoms with Crippen molar-refractivity contribution in [3.8, 4) is 0 Å². The molecule has 0 bridgehead atoms. The van der Waals surface area contributed by atoms with Crippen LogP contribution in [0.25, 0.3) is 0 Å². The molecule has 23 nitrogen and oxygen atoms in total. The molecule has 1 aromatic heterocycles. The number of aliphatic hydroxyl groups is 3. The van der Waals surface area contributed by atoms with Gasteiger partial charge in [0.1, 0.15) is 36.2 Å². The van der Waals surface area contributed by atoms with Gasteiger partial charge in [0.05, 0.1) is 61.5 Å². The summed E-state index contributed by atoms with van der Waals surface area (Å²) in [7, 11) is 6.41. The first-order valence-corrected chi connectivity index (χ1v) is 24.7. The summed E-state index contributed by atoms with van der Waals surface area (Å²) in [6.07, 6.45) is -9.11. The molecule has 5 unspecified atom stereocenters. The van der Waals surface area contributed by atoms with Crippen LogP contribution in [0.4, 0.5) is 4.79 Å². The molecule has 0 saturated carbocycles. The van der Waals surface area contributed by atoms with Gasteiger partial charge in [0, 0.05) is 27.8 Å². The van der Waals surface area contributed by atoms with Crippen LogP contribution in [0, 0.1) is 23.7 Å². The van der Waals surface area contributed by atoms with Gasteiger partial charge in [-0.3, -0.25) is 19.2 Å². The minimum absolute atomic E-state index is 0.0110. The number of benzene rings is 1. The molecule has 15 atom stereocenters. The molecule has 5 amide bonds. The Morgan fingerprint density at radius 1 is 0.889 bits per heavy atom. The van der Waals surface area contributed by atoms with Gasteiger partial charge in [0.25, 0.3) is 0 Å². The minimum Gasteiger partial charge on any atom is -0.479 e. The van der Waals surface area contributed by atoms with Crippen LogP contribution in [0.15, 0.2) is 36.5 Å². The monoisotopic (exact) mass is 1020 g/mol. The lowest BCUT2D eigenvalue weighted by Crippen LogP contribution is -2.59. The Kier molecular flexibility index (Phi) is 22.3. The van der Waals surface area contributed by atoms with Crippen molar-refractivity contribution in [3.05, 3.63) is 47.8 Å². The van der Waals surface area contributed by atoms with E-state index in [1.165, 1.54) is 20.4 Å². The highest BCUT2D eigenvalue weighted by molar-refractivity contribution is 5.90. The van der Waals surface area contributed by atoms with Gasteiger partial charge < -0.3 is 70.4 Å². The molecule has 2 aromatic rings. The van der Waals surface area contributed by atoms with Crippen molar-refractivity contribution < 1.29 is 68.1 Å². The lowest BCUT2D eigenvalue weighted by atomic mass is 9.89. The predicted molar refractivity (Wildman–Crippen MR) is 260 cm³/mol. The van der Waals surface area contributed by atoms with Gasteiger partial charge >= 0.3 is 12.1 Å². The first kappa shape index (κ1) is 59.3. The SMILES string of the molecule is CC[C@H](C)[C@@H]([C@@H](CC(=O)N1CCC[C@H]1[C@H](OC)[C@@H](C)C(=O)N[C@H](C)[C@@H](OC(=O)NCc1cn(C2OC(C(=O)O)C(O)C(O)C2O)nn1)c1ccccc1)OC)N(C)C(=O)[C@@H](NC(=O)[C@@H](NC)C(C)C)C(C)C. The molecule has 0 aliphatic carbocycles. The van der Waals surface area contributed by atoms with E-state index < -0.39 is 103 Å². The molecule has 0 radical (unpaired) electrons. The fraction of sp³-hybridized carbons (Fsp3) is 0.714. The summed E-state index contributed by atoms with van der Waals surface area (Å²) in [6, 6.07) is 5.66. The van der Waals surface area contributed by atoms with Gasteiger partial charge in [-0.15, -0.1) is 5.10 Å². The molecule has 4 rings (SSSR count). The van der Waals surface area contributed by atoms with E-state index in [1.54, 1.807) is 68.1 Å². The van der Waals surface area contributed by atoms with Crippen molar-refractivity contribution in [3.63, 3.8) is 0 Å². The zero-order valence-corrected chi connectivity index (χ0v) is 43.6. The van der Waals surface area contributed by atoms with Crippen LogP contribution in [0.2, 0.25) is 0 Å². The number of hydrogen-bond donors (Lipinski definition) is 8. The standard InChI is InChI=1S/C49H79N9O14/c1-13-27(6)37(56(10)46(65)36(26(4)5)53-45(64)35(50-9)25(2)3)33(69-11)22-34(59)57-21-17-20-32(57)41(70-12)28(7)44(63)52-29(8)42(30-18-15-14-16-19-30)72-49(68)51-23-31-24-58(55-54-31)47-40(62)38(60)39(61)43(71-47)48(66)67/h14-16,18-19,24-29,32-33,35-43,47,50,60-62H,13,17,20-23H2,1-12H3,(H,51,68)(H,52,63)(H,53,64)(H,66,67)/t27-,28+,29+,32-,33+,35-,36-,37-,38?,39?,40?,41+,42+,43?,47?/m0/s1. The maximum atomic E-state index is 14.4. The second kappa shape index (κ2) is 27.1. The van der Waals surface area contributed by atoms with Crippen LogP contribution in [0.1, 0.15) is 105 Å². The van der Waals surface area contributed by atoms with E-state index in [1.807, 2.05) is 41.5 Å². The van der Waals surface area contributed by atoms with Gasteiger partial charge in [-0.1, -0.05) is 90.4 Å². The third-order valence-electron chi connectivity index (χ3n) is 14.0. The summed E-state index contributed by atoms with van der Waals surface area (Å²) in [5, 5.41) is 59.5. The fourth-order valence-corrected chi connectivity index (χ4v) is 9.70. The number of carboxylic acids is 1. The Bertz CT molecular complexity index is 2100. The van der Waals surface area contributed by atoms with Crippen LogP contribution in [-0.2, 0) is 49.5 Å². The van der Waals surface area contributed by atoms with Crippen molar-refractivity contribution in [1.82, 2.24) is 46.1 Å². The molecular formula is C49H79N9O14. The lowest BCUT2D eigenvalue weighted by molar-refractivity contribution is -0.249. The van der Waals surface area contributed by atoms with Crippen molar-refractivity contribution in [2.45, 2.75) is 167 Å². The van der Waals surface area contributed by atoms with Gasteiger partial charge in [0.2, 0.25) is 23.6 Å². The number of alkyl carbamates (subject to hydrolysis) is 1. The number of carboxylic acid groups (broad SMARTS) is 1. The third kappa shape index (κ3) is 14.5. The zero-order chi connectivity index (χ0) is 53.7. The number of carbonyl (C=O) groups excluding carboxylic acids is 5. The Hall–Kier alpha value is -5.30. The molecule has 0 spiro atoms. The fourth-order valence-electron chi connectivity index (χ4n) is 9.70. The average Bonchev–Trinajstić information content (AvgIpc) is 4.04. The number of nitrogens with one attached hydrogen (secondary N) is 4. The van der Waals surface area contributed by atoms with E-state index in [0.29, 0.717) is 31.4 Å². The number of amides is 5. The van der Waals surface area contributed by atoms with E-state index in [0.717, 1.165) is 4.68 Å². The number of hydrogen-bond acceptors (Lipinski definition) is 16. The van der Waals surface area contributed by atoms with Crippen molar-refractivity contribution in [2.75, 3.05) is 34.9 Å². The van der Waals surface area contributed by atoms with E-state index >= 15 is 0 Å². The van der Waals surface area contributed by atoms with E-state index in [9.17, 15) is 49.2 Å². The maximum absolute atomic E-state index is 14.4. The number of aliphatic carboxylic acids is 1. The normalized spacial score (nSPS) is 24.0. The largest absolute Gasteiger partial charge is 0.479 e. The summed E-state index contributed by atoms with van der Waals surface area (Å²) in [5.41, 5.74) is 0.713. The number of aliphatic hydroxyl groups excluding tert-OH is 3. The highest BCUT2D eigenvalue weighted by Gasteiger charge is 2.48. The van der Waals surface area contributed by atoms with E-state index in [2.05, 4.69) is 31.6 Å². The highest BCUT2D eigenvalue weighted by Crippen LogP contribution is 2.31. The third-order valence-corrected chi connectivity index (χ3v) is 14.0. The first-order chi connectivity index (χ1) is 34.0. The molecular weight excluding hydrogens is 939 g/mol. The van der Waals surface area contributed by atoms with Crippen molar-refractivity contribution >= 4 is 35.7 Å². The second-order valence-corrected chi connectivity index (χ2v) is 19.7. The van der Waals surface area contributed by atoms with Gasteiger partial charge in [0.15, 0.2) is 12.3 Å². The molecule has 2 saturated heterocycles. The Morgan fingerprint density at radius 2 is 1.54 bits per heavy atom. The summed E-state index contributed by atoms with van der Waals surface area (Å²) in [6.45, 7) is 15.2. The van der Waals surface area contributed by atoms with Crippen molar-refractivity contribution in [1.29, 1.82) is 0 Å². The van der Waals surface area contributed by atoms with Crippen LogP contribution < -0.4 is 21.3 Å². The molecule has 2 aliphatic rings. The maximum Gasteiger partial charge on any atom is 0.408 e. The highest BCUT2D eigenvalue weighted by atomic mass is 16.6. The van der Waals surface area contributed by atoms with Crippen LogP contribution in [0.5, 0.6) is 0 Å².